The maximum Gasteiger partial charge on any atom is 0.263 e. The number of nitrogens with one attached hydrogen (secondary N) is 1. The van der Waals surface area contributed by atoms with Gasteiger partial charge in [0.2, 0.25) is 5.91 Å². The standard InChI is InChI=1S/C9H10F2N2O2/c1-5-3-15-13-6(5)12-7(14)8(2)4-9(8,10)11/h3H,4H2,1-2H3,(H,12,13,14). The van der Waals surface area contributed by atoms with Crippen molar-refractivity contribution in [3.8, 4) is 0 Å². The van der Waals surface area contributed by atoms with Crippen molar-refractivity contribution in [1.82, 2.24) is 5.16 Å². The number of hydrogen-bond acceptors (Lipinski definition) is 3. The Labute approximate surface area is 84.6 Å². The molecule has 82 valence electrons. The van der Waals surface area contributed by atoms with Crippen LogP contribution in [0.2, 0.25) is 0 Å². The molecule has 0 aromatic carbocycles. The summed E-state index contributed by atoms with van der Waals surface area (Å²) in [7, 11) is 0. The molecule has 0 bridgehead atoms. The smallest absolute Gasteiger partial charge is 0.263 e. The number of aryl methyl sites for hydroxylation is 1. The second-order valence-electron chi connectivity index (χ2n) is 4.01. The molecule has 2 rings (SSSR count). The lowest BCUT2D eigenvalue weighted by atomic mass is 10.1. The van der Waals surface area contributed by atoms with E-state index in [9.17, 15) is 13.6 Å². The zero-order chi connectivity index (χ0) is 11.3. The minimum absolute atomic E-state index is 0.198. The van der Waals surface area contributed by atoms with Crippen molar-refractivity contribution in [3.63, 3.8) is 0 Å². The van der Waals surface area contributed by atoms with Crippen molar-refractivity contribution in [2.24, 2.45) is 5.41 Å². The first-order valence-electron chi connectivity index (χ1n) is 4.47. The molecule has 1 aromatic heterocycles. The van der Waals surface area contributed by atoms with Gasteiger partial charge in [-0.3, -0.25) is 4.79 Å². The summed E-state index contributed by atoms with van der Waals surface area (Å²) in [6.07, 6.45) is 0.922. The van der Waals surface area contributed by atoms with Crippen LogP contribution in [0.5, 0.6) is 0 Å². The van der Waals surface area contributed by atoms with E-state index in [2.05, 4.69) is 15.0 Å². The number of alkyl halides is 2. The van der Waals surface area contributed by atoms with Crippen LogP contribution in [0, 0.1) is 12.3 Å². The number of hydrogen-bond donors (Lipinski definition) is 1. The number of anilines is 1. The molecule has 1 aromatic rings. The van der Waals surface area contributed by atoms with Gasteiger partial charge >= 0.3 is 0 Å². The molecule has 1 atom stereocenters. The summed E-state index contributed by atoms with van der Waals surface area (Å²) >= 11 is 0. The van der Waals surface area contributed by atoms with Crippen LogP contribution in [-0.4, -0.2) is 17.0 Å². The molecule has 0 spiro atoms. The molecule has 0 aliphatic heterocycles. The number of amides is 1. The van der Waals surface area contributed by atoms with Gasteiger partial charge in [-0.25, -0.2) is 8.78 Å². The van der Waals surface area contributed by atoms with Crippen LogP contribution in [-0.2, 0) is 4.79 Å². The Bertz CT molecular complexity index is 416. The molecule has 1 unspecified atom stereocenters. The lowest BCUT2D eigenvalue weighted by molar-refractivity contribution is -0.124. The number of rotatable bonds is 2. The SMILES string of the molecule is Cc1conc1NC(=O)C1(C)CC1(F)F. The second-order valence-corrected chi connectivity index (χ2v) is 4.01. The van der Waals surface area contributed by atoms with Gasteiger partial charge < -0.3 is 9.84 Å². The molecule has 1 aliphatic carbocycles. The summed E-state index contributed by atoms with van der Waals surface area (Å²) in [5.74, 6) is -3.43. The predicted molar refractivity (Wildman–Crippen MR) is 47.5 cm³/mol. The van der Waals surface area contributed by atoms with Gasteiger partial charge in [-0.1, -0.05) is 5.16 Å². The number of carbonyl (C=O) groups is 1. The number of halogens is 2. The predicted octanol–water partition coefficient (Wildman–Crippen LogP) is 1.97. The van der Waals surface area contributed by atoms with E-state index in [-0.39, 0.29) is 5.82 Å². The molecule has 15 heavy (non-hydrogen) atoms. The zero-order valence-corrected chi connectivity index (χ0v) is 8.30. The van der Waals surface area contributed by atoms with Gasteiger partial charge in [0.15, 0.2) is 5.82 Å². The van der Waals surface area contributed by atoms with E-state index in [4.69, 9.17) is 0 Å². The van der Waals surface area contributed by atoms with Crippen molar-refractivity contribution >= 4 is 11.7 Å². The summed E-state index contributed by atoms with van der Waals surface area (Å²) in [4.78, 5) is 11.5. The third-order valence-corrected chi connectivity index (χ3v) is 2.74. The largest absolute Gasteiger partial charge is 0.362 e. The average molecular weight is 216 g/mol. The highest BCUT2D eigenvalue weighted by atomic mass is 19.3. The molecular weight excluding hydrogens is 206 g/mol. The third kappa shape index (κ3) is 1.40. The Morgan fingerprint density at radius 2 is 2.27 bits per heavy atom. The van der Waals surface area contributed by atoms with Crippen LogP contribution in [0.1, 0.15) is 18.9 Å². The molecule has 1 fully saturated rings. The quantitative estimate of drug-likeness (QED) is 0.822. The molecule has 0 radical (unpaired) electrons. The van der Waals surface area contributed by atoms with Crippen LogP contribution in [0.3, 0.4) is 0 Å². The van der Waals surface area contributed by atoms with Crippen LogP contribution in [0.4, 0.5) is 14.6 Å². The summed E-state index contributed by atoms with van der Waals surface area (Å²) in [5, 5.41) is 5.82. The van der Waals surface area contributed by atoms with Crippen LogP contribution >= 0.6 is 0 Å². The van der Waals surface area contributed by atoms with Gasteiger partial charge in [0.05, 0.1) is 0 Å². The average Bonchev–Trinajstić information content (AvgIpc) is 2.48. The molecule has 1 N–H and O–H groups in total. The van der Waals surface area contributed by atoms with E-state index in [0.717, 1.165) is 0 Å². The summed E-state index contributed by atoms with van der Waals surface area (Å²) in [6.45, 7) is 2.90. The molecule has 1 aliphatic rings. The highest BCUT2D eigenvalue weighted by Crippen LogP contribution is 2.60. The van der Waals surface area contributed by atoms with E-state index >= 15 is 0 Å². The molecule has 6 heteroatoms. The lowest BCUT2D eigenvalue weighted by Crippen LogP contribution is -2.27. The monoisotopic (exact) mass is 216 g/mol. The summed E-state index contributed by atoms with van der Waals surface area (Å²) in [6, 6.07) is 0. The van der Waals surface area contributed by atoms with Crippen molar-refractivity contribution < 1.29 is 18.1 Å². The van der Waals surface area contributed by atoms with E-state index in [1.807, 2.05) is 0 Å². The van der Waals surface area contributed by atoms with Crippen LogP contribution in [0.15, 0.2) is 10.8 Å². The van der Waals surface area contributed by atoms with Gasteiger partial charge in [0.25, 0.3) is 5.92 Å². The summed E-state index contributed by atoms with van der Waals surface area (Å²) in [5.41, 5.74) is -0.991. The fourth-order valence-electron chi connectivity index (χ4n) is 1.30. The van der Waals surface area contributed by atoms with Gasteiger partial charge in [-0.2, -0.15) is 0 Å². The normalized spacial score (nSPS) is 27.5. The number of carbonyl (C=O) groups excluding carboxylic acids is 1. The lowest BCUT2D eigenvalue weighted by Gasteiger charge is -2.08. The van der Waals surface area contributed by atoms with Crippen molar-refractivity contribution in [1.29, 1.82) is 0 Å². The Balaban J connectivity index is 2.10. The number of aromatic nitrogens is 1. The van der Waals surface area contributed by atoms with E-state index < -0.39 is 23.7 Å². The Hall–Kier alpha value is -1.46. The molecule has 0 saturated heterocycles. The molecule has 1 saturated carbocycles. The fourth-order valence-corrected chi connectivity index (χ4v) is 1.30. The first kappa shape index (κ1) is 10.1. The van der Waals surface area contributed by atoms with E-state index in [1.165, 1.54) is 13.2 Å². The first-order chi connectivity index (χ1) is 6.87. The van der Waals surface area contributed by atoms with Crippen molar-refractivity contribution in [2.75, 3.05) is 5.32 Å². The first-order valence-corrected chi connectivity index (χ1v) is 4.47. The third-order valence-electron chi connectivity index (χ3n) is 2.74. The highest BCUT2D eigenvalue weighted by Gasteiger charge is 2.72. The van der Waals surface area contributed by atoms with Crippen LogP contribution < -0.4 is 5.32 Å². The van der Waals surface area contributed by atoms with Crippen LogP contribution in [0.25, 0.3) is 0 Å². The molecule has 1 heterocycles. The molecule has 1 amide bonds. The maximum atomic E-state index is 12.9. The minimum Gasteiger partial charge on any atom is -0.362 e. The Morgan fingerprint density at radius 3 is 2.67 bits per heavy atom. The second kappa shape index (κ2) is 2.77. The Kier molecular flexibility index (Phi) is 1.86. The van der Waals surface area contributed by atoms with E-state index in [1.54, 1.807) is 6.92 Å². The van der Waals surface area contributed by atoms with Crippen molar-refractivity contribution in [2.45, 2.75) is 26.2 Å². The summed E-state index contributed by atoms with van der Waals surface area (Å²) < 4.78 is 30.3. The zero-order valence-electron chi connectivity index (χ0n) is 8.30. The number of nitrogens with zero attached hydrogens (tertiary/aromatic N) is 1. The minimum atomic E-state index is -2.91. The van der Waals surface area contributed by atoms with Gasteiger partial charge in [-0.05, 0) is 13.8 Å². The van der Waals surface area contributed by atoms with Gasteiger partial charge in [0, 0.05) is 12.0 Å². The van der Waals surface area contributed by atoms with Gasteiger partial charge in [-0.15, -0.1) is 0 Å². The highest BCUT2D eigenvalue weighted by molar-refractivity contribution is 5.97. The van der Waals surface area contributed by atoms with Crippen molar-refractivity contribution in [3.05, 3.63) is 11.8 Å². The maximum absolute atomic E-state index is 12.9. The Morgan fingerprint density at radius 1 is 1.67 bits per heavy atom. The van der Waals surface area contributed by atoms with Gasteiger partial charge in [0.1, 0.15) is 11.7 Å². The molecular formula is C9H10F2N2O2. The fraction of sp³-hybridized carbons (Fsp3) is 0.556. The van der Waals surface area contributed by atoms with E-state index in [0.29, 0.717) is 5.56 Å². The topological polar surface area (TPSA) is 55.1 Å². The molecule has 4 nitrogen and oxygen atoms in total.